The van der Waals surface area contributed by atoms with Gasteiger partial charge in [-0.2, -0.15) is 0 Å². The van der Waals surface area contributed by atoms with Gasteiger partial charge in [0.25, 0.3) is 0 Å². The number of rotatable bonds is 8. The first-order valence-corrected chi connectivity index (χ1v) is 6.95. The van der Waals surface area contributed by atoms with Crippen LogP contribution in [0.4, 0.5) is 4.39 Å². The second kappa shape index (κ2) is 8.02. The van der Waals surface area contributed by atoms with E-state index in [4.69, 9.17) is 0 Å². The Morgan fingerprint density at radius 2 is 1.83 bits per heavy atom. The quantitative estimate of drug-likeness (QED) is 0.468. The van der Waals surface area contributed by atoms with Crippen molar-refractivity contribution in [3.8, 4) is 0 Å². The summed E-state index contributed by atoms with van der Waals surface area (Å²) < 4.78 is 13.5. The maximum absolute atomic E-state index is 13.5. The summed E-state index contributed by atoms with van der Waals surface area (Å²) in [5, 5.41) is 0. The van der Waals surface area contributed by atoms with Gasteiger partial charge in [-0.05, 0) is 18.6 Å². The van der Waals surface area contributed by atoms with Gasteiger partial charge < -0.3 is 0 Å². The monoisotopic (exact) mass is 250 g/mol. The molecule has 0 heterocycles. The SMILES string of the molecule is CCCCCCCC(C)C(=O)c1ccccc1F. The van der Waals surface area contributed by atoms with Crippen molar-refractivity contribution in [3.05, 3.63) is 35.6 Å². The zero-order chi connectivity index (χ0) is 13.4. The second-order valence-electron chi connectivity index (χ2n) is 4.95. The van der Waals surface area contributed by atoms with E-state index in [-0.39, 0.29) is 17.3 Å². The molecule has 0 spiro atoms. The van der Waals surface area contributed by atoms with Gasteiger partial charge in [-0.1, -0.05) is 58.1 Å². The fraction of sp³-hybridized carbons (Fsp3) is 0.562. The molecule has 1 unspecified atom stereocenters. The zero-order valence-electron chi connectivity index (χ0n) is 11.4. The number of halogens is 1. The van der Waals surface area contributed by atoms with Gasteiger partial charge >= 0.3 is 0 Å². The lowest BCUT2D eigenvalue weighted by atomic mass is 9.93. The maximum atomic E-state index is 13.5. The molecule has 0 N–H and O–H groups in total. The van der Waals surface area contributed by atoms with Crippen molar-refractivity contribution in [3.63, 3.8) is 0 Å². The molecule has 0 aliphatic heterocycles. The van der Waals surface area contributed by atoms with E-state index < -0.39 is 5.82 Å². The summed E-state index contributed by atoms with van der Waals surface area (Å²) in [4.78, 5) is 12.0. The first-order chi connectivity index (χ1) is 8.66. The van der Waals surface area contributed by atoms with Gasteiger partial charge in [-0.25, -0.2) is 4.39 Å². The minimum absolute atomic E-state index is 0.0661. The Morgan fingerprint density at radius 1 is 1.17 bits per heavy atom. The molecule has 1 nitrogen and oxygen atoms in total. The van der Waals surface area contributed by atoms with Crippen molar-refractivity contribution in [2.75, 3.05) is 0 Å². The van der Waals surface area contributed by atoms with Crippen LogP contribution in [0.2, 0.25) is 0 Å². The van der Waals surface area contributed by atoms with E-state index in [1.165, 1.54) is 31.7 Å². The number of ketones is 1. The molecule has 1 aromatic carbocycles. The Bertz CT molecular complexity index is 373. The lowest BCUT2D eigenvalue weighted by molar-refractivity contribution is 0.0918. The van der Waals surface area contributed by atoms with Crippen molar-refractivity contribution in [2.45, 2.75) is 52.4 Å². The zero-order valence-corrected chi connectivity index (χ0v) is 11.4. The fourth-order valence-electron chi connectivity index (χ4n) is 2.11. The number of carbonyl (C=O) groups excluding carboxylic acids is 1. The number of hydrogen-bond donors (Lipinski definition) is 0. The number of unbranched alkanes of at least 4 members (excludes halogenated alkanes) is 4. The van der Waals surface area contributed by atoms with Crippen molar-refractivity contribution in [1.29, 1.82) is 0 Å². The van der Waals surface area contributed by atoms with Crippen molar-refractivity contribution in [1.82, 2.24) is 0 Å². The average molecular weight is 250 g/mol. The molecule has 1 rings (SSSR count). The van der Waals surface area contributed by atoms with Crippen LogP contribution in [-0.2, 0) is 0 Å². The van der Waals surface area contributed by atoms with E-state index in [0.29, 0.717) is 0 Å². The van der Waals surface area contributed by atoms with Crippen LogP contribution in [-0.4, -0.2) is 5.78 Å². The summed E-state index contributed by atoms with van der Waals surface area (Å²) in [6, 6.07) is 6.25. The van der Waals surface area contributed by atoms with Gasteiger partial charge in [0.05, 0.1) is 5.56 Å². The summed E-state index contributed by atoms with van der Waals surface area (Å²) >= 11 is 0. The van der Waals surface area contributed by atoms with Crippen LogP contribution in [0.1, 0.15) is 62.7 Å². The Labute approximate surface area is 109 Å². The van der Waals surface area contributed by atoms with Crippen LogP contribution in [0.25, 0.3) is 0 Å². The number of hydrogen-bond acceptors (Lipinski definition) is 1. The highest BCUT2D eigenvalue weighted by atomic mass is 19.1. The molecule has 1 aromatic rings. The van der Waals surface area contributed by atoms with Crippen molar-refractivity contribution in [2.24, 2.45) is 5.92 Å². The largest absolute Gasteiger partial charge is 0.294 e. The predicted octanol–water partition coefficient (Wildman–Crippen LogP) is 5.01. The summed E-state index contributed by atoms with van der Waals surface area (Å²) in [7, 11) is 0. The molecule has 1 atom stereocenters. The lowest BCUT2D eigenvalue weighted by Crippen LogP contribution is -2.13. The predicted molar refractivity (Wildman–Crippen MR) is 73.3 cm³/mol. The molecule has 0 fully saturated rings. The van der Waals surface area contributed by atoms with E-state index in [9.17, 15) is 9.18 Å². The molecular weight excluding hydrogens is 227 g/mol. The third kappa shape index (κ3) is 4.59. The highest BCUT2D eigenvalue weighted by Gasteiger charge is 2.17. The third-order valence-electron chi connectivity index (χ3n) is 3.33. The van der Waals surface area contributed by atoms with Gasteiger partial charge in [0.1, 0.15) is 5.82 Å². The first-order valence-electron chi connectivity index (χ1n) is 6.95. The molecule has 18 heavy (non-hydrogen) atoms. The minimum Gasteiger partial charge on any atom is -0.294 e. The van der Waals surface area contributed by atoms with Crippen LogP contribution in [0, 0.1) is 11.7 Å². The standard InChI is InChI=1S/C16H23FO/c1-3-4-5-6-7-10-13(2)16(18)14-11-8-9-12-15(14)17/h8-9,11-13H,3-7,10H2,1-2H3. The fourth-order valence-corrected chi connectivity index (χ4v) is 2.11. The summed E-state index contributed by atoms with van der Waals surface area (Å²) in [6.07, 6.45) is 6.80. The highest BCUT2D eigenvalue weighted by molar-refractivity contribution is 5.97. The van der Waals surface area contributed by atoms with E-state index in [2.05, 4.69) is 6.92 Å². The Hall–Kier alpha value is -1.18. The van der Waals surface area contributed by atoms with Crippen LogP contribution in [0.5, 0.6) is 0 Å². The van der Waals surface area contributed by atoms with E-state index in [1.54, 1.807) is 18.2 Å². The number of benzene rings is 1. The third-order valence-corrected chi connectivity index (χ3v) is 3.33. The smallest absolute Gasteiger partial charge is 0.168 e. The van der Waals surface area contributed by atoms with Crippen molar-refractivity contribution >= 4 is 5.78 Å². The van der Waals surface area contributed by atoms with E-state index in [0.717, 1.165) is 12.8 Å². The van der Waals surface area contributed by atoms with Crippen LogP contribution in [0.3, 0.4) is 0 Å². The molecule has 0 aliphatic carbocycles. The average Bonchev–Trinajstić information content (AvgIpc) is 2.38. The second-order valence-corrected chi connectivity index (χ2v) is 4.95. The van der Waals surface area contributed by atoms with Gasteiger partial charge in [0.2, 0.25) is 0 Å². The van der Waals surface area contributed by atoms with Gasteiger partial charge in [-0.3, -0.25) is 4.79 Å². The Kier molecular flexibility index (Phi) is 6.63. The Balaban J connectivity index is 2.40. The van der Waals surface area contributed by atoms with Crippen LogP contribution >= 0.6 is 0 Å². The normalized spacial score (nSPS) is 12.4. The summed E-state index contributed by atoms with van der Waals surface area (Å²) in [6.45, 7) is 4.08. The topological polar surface area (TPSA) is 17.1 Å². The minimum atomic E-state index is -0.402. The number of carbonyl (C=O) groups is 1. The molecule has 100 valence electrons. The Morgan fingerprint density at radius 3 is 2.50 bits per heavy atom. The van der Waals surface area contributed by atoms with E-state index >= 15 is 0 Å². The van der Waals surface area contributed by atoms with Crippen molar-refractivity contribution < 1.29 is 9.18 Å². The van der Waals surface area contributed by atoms with E-state index in [1.807, 2.05) is 6.92 Å². The molecular formula is C16H23FO. The van der Waals surface area contributed by atoms with Gasteiger partial charge in [-0.15, -0.1) is 0 Å². The number of Topliss-reactive ketones (excluding diaryl/α,β-unsaturated/α-hetero) is 1. The first kappa shape index (κ1) is 14.9. The molecule has 0 bridgehead atoms. The molecule has 2 heteroatoms. The van der Waals surface area contributed by atoms with Gasteiger partial charge in [0.15, 0.2) is 5.78 Å². The van der Waals surface area contributed by atoms with Crippen LogP contribution < -0.4 is 0 Å². The maximum Gasteiger partial charge on any atom is 0.168 e. The molecule has 0 aromatic heterocycles. The summed E-state index contributed by atoms with van der Waals surface area (Å²) in [5.41, 5.74) is 0.235. The lowest BCUT2D eigenvalue weighted by Gasteiger charge is -2.10. The summed E-state index contributed by atoms with van der Waals surface area (Å²) in [5.74, 6) is -0.549. The highest BCUT2D eigenvalue weighted by Crippen LogP contribution is 2.18. The molecule has 0 saturated carbocycles. The molecule has 0 saturated heterocycles. The molecule has 0 radical (unpaired) electrons. The van der Waals surface area contributed by atoms with Gasteiger partial charge in [0, 0.05) is 5.92 Å². The van der Waals surface area contributed by atoms with Crippen LogP contribution in [0.15, 0.2) is 24.3 Å². The molecule has 0 aliphatic rings. The molecule has 0 amide bonds.